The van der Waals surface area contributed by atoms with Crippen molar-refractivity contribution < 1.29 is 23.1 Å². The number of hydrogen-bond acceptors (Lipinski definition) is 5. The van der Waals surface area contributed by atoms with Gasteiger partial charge in [-0.2, -0.15) is 0 Å². The Morgan fingerprint density at radius 3 is 2.57 bits per heavy atom. The molecule has 21 heavy (non-hydrogen) atoms. The van der Waals surface area contributed by atoms with Crippen molar-refractivity contribution in [1.82, 2.24) is 9.55 Å². The van der Waals surface area contributed by atoms with E-state index in [2.05, 4.69) is 4.98 Å². The molecule has 0 spiro atoms. The van der Waals surface area contributed by atoms with Crippen LogP contribution in [0, 0.1) is 0 Å². The van der Waals surface area contributed by atoms with Gasteiger partial charge in [-0.15, -0.1) is 0 Å². The maximum atomic E-state index is 11.7. The zero-order chi connectivity index (χ0) is 15.8. The van der Waals surface area contributed by atoms with Crippen LogP contribution >= 0.6 is 0 Å². The highest BCUT2D eigenvalue weighted by Crippen LogP contribution is 2.28. The molecule has 1 N–H and O–H groups in total. The van der Waals surface area contributed by atoms with E-state index in [0.29, 0.717) is 11.3 Å². The SMILES string of the molecule is COc1cccc(-c2c(C(=O)O)nc(S(C)(=O)=O)n2C)c1. The van der Waals surface area contributed by atoms with Crippen LogP contribution in [0.5, 0.6) is 5.75 Å². The summed E-state index contributed by atoms with van der Waals surface area (Å²) in [4.78, 5) is 15.1. The number of aromatic nitrogens is 2. The Labute approximate surface area is 121 Å². The van der Waals surface area contributed by atoms with Gasteiger partial charge in [-0.3, -0.25) is 0 Å². The lowest BCUT2D eigenvalue weighted by Gasteiger charge is -2.07. The smallest absolute Gasteiger partial charge is 0.356 e. The van der Waals surface area contributed by atoms with Crippen LogP contribution in [-0.2, 0) is 16.9 Å². The Kier molecular flexibility index (Phi) is 3.73. The molecule has 8 heteroatoms. The second kappa shape index (κ2) is 5.21. The summed E-state index contributed by atoms with van der Waals surface area (Å²) in [7, 11) is -0.684. The molecular formula is C13H14N2O5S. The fraction of sp³-hybridized carbons (Fsp3) is 0.231. The average molecular weight is 310 g/mol. The summed E-state index contributed by atoms with van der Waals surface area (Å²) >= 11 is 0. The monoisotopic (exact) mass is 310 g/mol. The van der Waals surface area contributed by atoms with Crippen LogP contribution in [0.15, 0.2) is 29.4 Å². The van der Waals surface area contributed by atoms with Crippen molar-refractivity contribution in [2.45, 2.75) is 5.16 Å². The molecule has 0 aliphatic rings. The van der Waals surface area contributed by atoms with Crippen molar-refractivity contribution in [2.24, 2.45) is 7.05 Å². The standard InChI is InChI=1S/C13H14N2O5S/c1-15-11(8-5-4-6-9(7-8)20-2)10(12(16)17)14-13(15)21(3,18)19/h4-7H,1-3H3,(H,16,17). The highest BCUT2D eigenvalue weighted by Gasteiger charge is 2.26. The fourth-order valence-corrected chi connectivity index (χ4v) is 2.91. The Hall–Kier alpha value is -2.35. The van der Waals surface area contributed by atoms with Crippen LogP contribution in [0.25, 0.3) is 11.3 Å². The van der Waals surface area contributed by atoms with Gasteiger partial charge in [-0.25, -0.2) is 18.2 Å². The fourth-order valence-electron chi connectivity index (χ4n) is 2.06. The number of ether oxygens (including phenoxy) is 1. The summed E-state index contributed by atoms with van der Waals surface area (Å²) in [5.41, 5.74) is 0.407. The van der Waals surface area contributed by atoms with E-state index >= 15 is 0 Å². The van der Waals surface area contributed by atoms with Gasteiger partial charge in [0, 0.05) is 18.9 Å². The molecule has 0 aliphatic heterocycles. The molecule has 7 nitrogen and oxygen atoms in total. The molecule has 0 fully saturated rings. The van der Waals surface area contributed by atoms with Gasteiger partial charge >= 0.3 is 5.97 Å². The Morgan fingerprint density at radius 2 is 2.05 bits per heavy atom. The number of imidazole rings is 1. The first-order valence-corrected chi connectivity index (χ1v) is 7.79. The molecule has 2 aromatic rings. The number of methoxy groups -OCH3 is 1. The number of carbonyl (C=O) groups is 1. The molecule has 0 bridgehead atoms. The van der Waals surface area contributed by atoms with E-state index in [9.17, 15) is 18.3 Å². The number of benzene rings is 1. The summed E-state index contributed by atoms with van der Waals surface area (Å²) in [6, 6.07) is 6.68. The average Bonchev–Trinajstić information content (AvgIpc) is 2.76. The molecular weight excluding hydrogens is 296 g/mol. The van der Waals surface area contributed by atoms with Crippen molar-refractivity contribution >= 4 is 15.8 Å². The van der Waals surface area contributed by atoms with Crippen molar-refractivity contribution in [3.63, 3.8) is 0 Å². The lowest BCUT2D eigenvalue weighted by atomic mass is 10.1. The number of carboxylic acids is 1. The molecule has 0 unspecified atom stereocenters. The summed E-state index contributed by atoms with van der Waals surface area (Å²) in [6.07, 6.45) is 0.982. The Balaban J connectivity index is 2.78. The highest BCUT2D eigenvalue weighted by atomic mass is 32.2. The van der Waals surface area contributed by atoms with Crippen LogP contribution in [0.2, 0.25) is 0 Å². The van der Waals surface area contributed by atoms with E-state index in [4.69, 9.17) is 4.74 Å². The summed E-state index contributed by atoms with van der Waals surface area (Å²) in [5, 5.41) is 8.96. The first kappa shape index (κ1) is 15.0. The van der Waals surface area contributed by atoms with Gasteiger partial charge in [0.05, 0.1) is 12.8 Å². The number of aromatic carboxylic acids is 1. The number of nitrogens with zero attached hydrogens (tertiary/aromatic N) is 2. The van der Waals surface area contributed by atoms with Crippen LogP contribution < -0.4 is 4.74 Å². The molecule has 1 aromatic heterocycles. The zero-order valence-corrected chi connectivity index (χ0v) is 12.5. The predicted octanol–water partition coefficient (Wildman–Crippen LogP) is 1.20. The van der Waals surface area contributed by atoms with Crippen LogP contribution in [0.4, 0.5) is 0 Å². The molecule has 1 aromatic carbocycles. The number of hydrogen-bond donors (Lipinski definition) is 1. The van der Waals surface area contributed by atoms with E-state index in [1.807, 2.05) is 0 Å². The number of carboxylic acid groups (broad SMARTS) is 1. The predicted molar refractivity (Wildman–Crippen MR) is 75.3 cm³/mol. The van der Waals surface area contributed by atoms with E-state index in [1.165, 1.54) is 18.7 Å². The van der Waals surface area contributed by atoms with Crippen molar-refractivity contribution in [3.05, 3.63) is 30.0 Å². The van der Waals surface area contributed by atoms with Crippen LogP contribution in [0.1, 0.15) is 10.5 Å². The third-order valence-electron chi connectivity index (χ3n) is 2.93. The second-order valence-electron chi connectivity index (χ2n) is 4.46. The lowest BCUT2D eigenvalue weighted by molar-refractivity contribution is 0.0691. The summed E-state index contributed by atoms with van der Waals surface area (Å²) in [5.74, 6) is -0.760. The minimum Gasteiger partial charge on any atom is -0.497 e. The maximum absolute atomic E-state index is 11.7. The van der Waals surface area contributed by atoms with E-state index in [1.54, 1.807) is 24.3 Å². The van der Waals surface area contributed by atoms with E-state index in [0.717, 1.165) is 6.26 Å². The van der Waals surface area contributed by atoms with Gasteiger partial charge in [-0.05, 0) is 12.1 Å². The van der Waals surface area contributed by atoms with Crippen molar-refractivity contribution in [3.8, 4) is 17.0 Å². The van der Waals surface area contributed by atoms with E-state index in [-0.39, 0.29) is 16.5 Å². The molecule has 2 rings (SSSR count). The Bertz CT molecular complexity index is 808. The number of rotatable bonds is 4. The topological polar surface area (TPSA) is 98.5 Å². The second-order valence-corrected chi connectivity index (χ2v) is 6.37. The first-order valence-electron chi connectivity index (χ1n) is 5.90. The largest absolute Gasteiger partial charge is 0.497 e. The minimum atomic E-state index is -3.64. The highest BCUT2D eigenvalue weighted by molar-refractivity contribution is 7.90. The van der Waals surface area contributed by atoms with Gasteiger partial charge in [0.2, 0.25) is 15.0 Å². The van der Waals surface area contributed by atoms with Gasteiger partial charge in [-0.1, -0.05) is 12.1 Å². The minimum absolute atomic E-state index is 0.210. The lowest BCUT2D eigenvalue weighted by Crippen LogP contribution is -2.06. The van der Waals surface area contributed by atoms with Crippen molar-refractivity contribution in [1.29, 1.82) is 0 Å². The Morgan fingerprint density at radius 1 is 1.38 bits per heavy atom. The quantitative estimate of drug-likeness (QED) is 0.911. The summed E-state index contributed by atoms with van der Waals surface area (Å²) < 4.78 is 29.7. The third kappa shape index (κ3) is 2.75. The van der Waals surface area contributed by atoms with Gasteiger partial charge in [0.1, 0.15) is 5.75 Å². The van der Waals surface area contributed by atoms with Crippen LogP contribution in [-0.4, -0.2) is 42.4 Å². The molecule has 0 saturated heterocycles. The summed E-state index contributed by atoms with van der Waals surface area (Å²) in [6.45, 7) is 0. The third-order valence-corrected chi connectivity index (χ3v) is 3.96. The maximum Gasteiger partial charge on any atom is 0.356 e. The van der Waals surface area contributed by atoms with Gasteiger partial charge in [0.15, 0.2) is 5.69 Å². The molecule has 0 radical (unpaired) electrons. The number of sulfone groups is 1. The van der Waals surface area contributed by atoms with Crippen LogP contribution in [0.3, 0.4) is 0 Å². The molecule has 1 heterocycles. The molecule has 0 atom stereocenters. The molecule has 0 saturated carbocycles. The molecule has 112 valence electrons. The normalized spacial score (nSPS) is 11.4. The van der Waals surface area contributed by atoms with E-state index < -0.39 is 15.8 Å². The molecule has 0 amide bonds. The van der Waals surface area contributed by atoms with Gasteiger partial charge < -0.3 is 14.4 Å². The zero-order valence-electron chi connectivity index (χ0n) is 11.7. The first-order chi connectivity index (χ1) is 9.75. The van der Waals surface area contributed by atoms with Crippen molar-refractivity contribution in [2.75, 3.05) is 13.4 Å². The van der Waals surface area contributed by atoms with Gasteiger partial charge in [0.25, 0.3) is 0 Å². The molecule has 0 aliphatic carbocycles.